The van der Waals surface area contributed by atoms with E-state index in [4.69, 9.17) is 17.4 Å². The van der Waals surface area contributed by atoms with Gasteiger partial charge >= 0.3 is 6.03 Å². The van der Waals surface area contributed by atoms with Crippen LogP contribution in [0.3, 0.4) is 0 Å². The molecule has 0 radical (unpaired) electrons. The Balaban J connectivity index is 2.02. The van der Waals surface area contributed by atoms with E-state index in [-0.39, 0.29) is 6.03 Å². The minimum Gasteiger partial charge on any atom is -0.318 e. The van der Waals surface area contributed by atoms with Crippen molar-refractivity contribution in [3.05, 3.63) is 21.3 Å². The van der Waals surface area contributed by atoms with E-state index in [0.29, 0.717) is 13.1 Å². The smallest absolute Gasteiger partial charge is 0.318 e. The molecule has 0 saturated carbocycles. The van der Waals surface area contributed by atoms with Gasteiger partial charge in [-0.05, 0) is 18.6 Å². The van der Waals surface area contributed by atoms with Gasteiger partial charge in [-0.25, -0.2) is 10.6 Å². The number of hydrogen-bond acceptors (Lipinski definition) is 3. The van der Waals surface area contributed by atoms with Gasteiger partial charge in [0.1, 0.15) is 0 Å². The molecule has 4 nitrogen and oxygen atoms in total. The van der Waals surface area contributed by atoms with Crippen molar-refractivity contribution in [2.24, 2.45) is 5.84 Å². The molecule has 6 heteroatoms. The summed E-state index contributed by atoms with van der Waals surface area (Å²) in [6.45, 7) is 2.01. The molecule has 2 amide bonds. The van der Waals surface area contributed by atoms with Crippen molar-refractivity contribution in [2.75, 3.05) is 13.1 Å². The highest BCUT2D eigenvalue weighted by Gasteiger charge is 2.23. The Kier molecular flexibility index (Phi) is 3.14. The summed E-state index contributed by atoms with van der Waals surface area (Å²) >= 11 is 7.32. The Bertz CT molecular complexity index is 368. The van der Waals surface area contributed by atoms with Crippen molar-refractivity contribution < 1.29 is 4.79 Å². The second-order valence-electron chi connectivity index (χ2n) is 3.46. The lowest BCUT2D eigenvalue weighted by molar-refractivity contribution is 0.127. The third-order valence-corrected chi connectivity index (χ3v) is 3.53. The lowest BCUT2D eigenvalue weighted by Crippen LogP contribution is -2.51. The van der Waals surface area contributed by atoms with Crippen molar-refractivity contribution in [1.82, 2.24) is 9.91 Å². The lowest BCUT2D eigenvalue weighted by Gasteiger charge is -2.32. The summed E-state index contributed by atoms with van der Waals surface area (Å²) in [5, 5.41) is 1.26. The molecular formula is C9H12ClN3OS. The molecule has 0 aliphatic carbocycles. The summed E-state index contributed by atoms with van der Waals surface area (Å²) < 4.78 is 0.749. The first-order valence-corrected chi connectivity index (χ1v) is 5.91. The van der Waals surface area contributed by atoms with Crippen molar-refractivity contribution in [3.8, 4) is 0 Å². The van der Waals surface area contributed by atoms with Crippen LogP contribution >= 0.6 is 22.9 Å². The van der Waals surface area contributed by atoms with Gasteiger partial charge in [0.25, 0.3) is 0 Å². The highest BCUT2D eigenvalue weighted by atomic mass is 35.5. The molecule has 0 atom stereocenters. The monoisotopic (exact) mass is 245 g/mol. The Morgan fingerprint density at radius 3 is 2.93 bits per heavy atom. The zero-order valence-corrected chi connectivity index (χ0v) is 9.72. The molecule has 0 unspecified atom stereocenters. The predicted molar refractivity (Wildman–Crippen MR) is 60.6 cm³/mol. The molecule has 0 aromatic carbocycles. The normalized spacial score (nSPS) is 17.3. The molecule has 1 aliphatic heterocycles. The Hall–Kier alpha value is -0.780. The number of carbonyl (C=O) groups excluding carboxylic acids is 1. The van der Waals surface area contributed by atoms with Gasteiger partial charge in [0.05, 0.1) is 10.9 Å². The van der Waals surface area contributed by atoms with Crippen LogP contribution in [0.2, 0.25) is 4.34 Å². The predicted octanol–water partition coefficient (Wildman–Crippen LogP) is 1.90. The number of thiophene rings is 1. The van der Waals surface area contributed by atoms with E-state index < -0.39 is 0 Å². The fourth-order valence-electron chi connectivity index (χ4n) is 1.58. The molecule has 1 saturated heterocycles. The average Bonchev–Trinajstić information content (AvgIpc) is 2.59. The number of nitrogens with two attached hydrogens (primary N) is 1. The molecule has 2 heterocycles. The van der Waals surface area contributed by atoms with Gasteiger partial charge < -0.3 is 4.90 Å². The number of hydrazine groups is 1. The molecule has 1 aliphatic rings. The number of rotatable bonds is 2. The lowest BCUT2D eigenvalue weighted by atomic mass is 10.3. The van der Waals surface area contributed by atoms with E-state index in [1.54, 1.807) is 4.90 Å². The molecule has 82 valence electrons. The van der Waals surface area contributed by atoms with Crippen LogP contribution in [0.25, 0.3) is 0 Å². The van der Waals surface area contributed by atoms with Crippen LogP contribution in [0.5, 0.6) is 0 Å². The van der Waals surface area contributed by atoms with Gasteiger partial charge in [-0.15, -0.1) is 11.3 Å². The van der Waals surface area contributed by atoms with E-state index in [0.717, 1.165) is 22.2 Å². The van der Waals surface area contributed by atoms with Crippen LogP contribution in [0.15, 0.2) is 12.1 Å². The van der Waals surface area contributed by atoms with E-state index in [1.807, 2.05) is 12.1 Å². The SMILES string of the molecule is NN1CCCN(Cc2ccc(Cl)s2)C1=O. The first kappa shape index (κ1) is 10.7. The second kappa shape index (κ2) is 4.38. The van der Waals surface area contributed by atoms with Gasteiger partial charge in [-0.2, -0.15) is 0 Å². The highest BCUT2D eigenvalue weighted by molar-refractivity contribution is 7.16. The number of carbonyl (C=O) groups is 1. The molecule has 15 heavy (non-hydrogen) atoms. The van der Waals surface area contributed by atoms with Crippen LogP contribution in [0, 0.1) is 0 Å². The van der Waals surface area contributed by atoms with Crippen molar-refractivity contribution in [2.45, 2.75) is 13.0 Å². The third kappa shape index (κ3) is 2.42. The van der Waals surface area contributed by atoms with Crippen molar-refractivity contribution in [1.29, 1.82) is 0 Å². The molecule has 0 bridgehead atoms. The summed E-state index contributed by atoms with van der Waals surface area (Å²) in [6.07, 6.45) is 0.918. The average molecular weight is 246 g/mol. The number of amides is 2. The van der Waals surface area contributed by atoms with Gasteiger partial charge in [-0.3, -0.25) is 5.01 Å². The number of urea groups is 1. The maximum absolute atomic E-state index is 11.6. The van der Waals surface area contributed by atoms with Gasteiger partial charge in [0.15, 0.2) is 0 Å². The zero-order valence-electron chi connectivity index (χ0n) is 8.15. The van der Waals surface area contributed by atoms with E-state index in [1.165, 1.54) is 16.3 Å². The van der Waals surface area contributed by atoms with Crippen LogP contribution in [0.1, 0.15) is 11.3 Å². The topological polar surface area (TPSA) is 49.6 Å². The van der Waals surface area contributed by atoms with Crippen LogP contribution in [0.4, 0.5) is 4.79 Å². The van der Waals surface area contributed by atoms with E-state index in [2.05, 4.69) is 0 Å². The Morgan fingerprint density at radius 1 is 1.47 bits per heavy atom. The number of nitrogens with zero attached hydrogens (tertiary/aromatic N) is 2. The van der Waals surface area contributed by atoms with Crippen molar-refractivity contribution >= 4 is 29.0 Å². The van der Waals surface area contributed by atoms with Gasteiger partial charge in [0, 0.05) is 18.0 Å². The summed E-state index contributed by atoms with van der Waals surface area (Å²) in [4.78, 5) is 14.5. The third-order valence-electron chi connectivity index (χ3n) is 2.32. The fourth-order valence-corrected chi connectivity index (χ4v) is 2.68. The maximum Gasteiger partial charge on any atom is 0.334 e. The highest BCUT2D eigenvalue weighted by Crippen LogP contribution is 2.23. The van der Waals surface area contributed by atoms with Crippen LogP contribution in [-0.2, 0) is 6.54 Å². The first-order chi connectivity index (χ1) is 7.16. The molecular weight excluding hydrogens is 234 g/mol. The Labute approximate surface area is 97.2 Å². The second-order valence-corrected chi connectivity index (χ2v) is 5.26. The van der Waals surface area contributed by atoms with Gasteiger partial charge in [0.2, 0.25) is 0 Å². The Morgan fingerprint density at radius 2 is 2.27 bits per heavy atom. The van der Waals surface area contributed by atoms with Crippen molar-refractivity contribution in [3.63, 3.8) is 0 Å². The fraction of sp³-hybridized carbons (Fsp3) is 0.444. The van der Waals surface area contributed by atoms with Crippen LogP contribution < -0.4 is 5.84 Å². The van der Waals surface area contributed by atoms with Gasteiger partial charge in [-0.1, -0.05) is 11.6 Å². The first-order valence-electron chi connectivity index (χ1n) is 4.72. The molecule has 1 aromatic heterocycles. The standard InChI is InChI=1S/C9H12ClN3OS/c10-8-3-2-7(15-8)6-12-4-1-5-13(11)9(12)14/h2-3H,1,4-6,11H2. The quantitative estimate of drug-likeness (QED) is 0.639. The maximum atomic E-state index is 11.6. The van der Waals surface area contributed by atoms with E-state index in [9.17, 15) is 4.79 Å². The summed E-state index contributed by atoms with van der Waals surface area (Å²) in [6, 6.07) is 3.68. The minimum atomic E-state index is -0.106. The summed E-state index contributed by atoms with van der Waals surface area (Å²) in [7, 11) is 0. The molecule has 2 N–H and O–H groups in total. The van der Waals surface area contributed by atoms with E-state index >= 15 is 0 Å². The summed E-state index contributed by atoms with van der Waals surface area (Å²) in [5.74, 6) is 5.55. The number of halogens is 1. The summed E-state index contributed by atoms with van der Waals surface area (Å²) in [5.41, 5.74) is 0. The molecule has 1 aromatic rings. The zero-order chi connectivity index (χ0) is 10.8. The minimum absolute atomic E-state index is 0.106. The largest absolute Gasteiger partial charge is 0.334 e. The number of hydrogen-bond donors (Lipinski definition) is 1. The molecule has 1 fully saturated rings. The molecule has 0 spiro atoms. The van der Waals surface area contributed by atoms with Crippen LogP contribution in [-0.4, -0.2) is 29.0 Å². The molecule has 2 rings (SSSR count).